The number of benzene rings is 3. The molecule has 0 atom stereocenters. The standard InChI is InChI=1S/C28H28N2O3/c31-27-26(30(28(32)29-27)18-8-15-22-10-3-1-4-11-22)21-24-14-7-17-25(20-24)33-19-9-16-23-12-5-2-6-13-23/h1-7,10-14,17,20-21H,8-9,15-16,18-19H2,(H,29,31,32)/b26-21+. The molecule has 4 rings (SSSR count). The minimum Gasteiger partial charge on any atom is -0.494 e. The molecule has 1 aliphatic rings. The molecule has 1 heterocycles. The summed E-state index contributed by atoms with van der Waals surface area (Å²) in [7, 11) is 0. The quantitative estimate of drug-likeness (QED) is 0.267. The minimum absolute atomic E-state index is 0.367. The van der Waals surface area contributed by atoms with Gasteiger partial charge in [-0.05, 0) is 60.6 Å². The van der Waals surface area contributed by atoms with Gasteiger partial charge in [-0.2, -0.15) is 0 Å². The first-order valence-corrected chi connectivity index (χ1v) is 11.3. The average molecular weight is 441 g/mol. The molecule has 0 spiro atoms. The molecule has 1 fully saturated rings. The van der Waals surface area contributed by atoms with Crippen molar-refractivity contribution in [2.75, 3.05) is 13.2 Å². The van der Waals surface area contributed by atoms with Gasteiger partial charge in [0.2, 0.25) is 0 Å². The number of hydrogen-bond donors (Lipinski definition) is 1. The van der Waals surface area contributed by atoms with Gasteiger partial charge in [-0.25, -0.2) is 4.79 Å². The van der Waals surface area contributed by atoms with Crippen molar-refractivity contribution < 1.29 is 14.3 Å². The van der Waals surface area contributed by atoms with E-state index in [1.807, 2.05) is 60.7 Å². The van der Waals surface area contributed by atoms with Crippen LogP contribution in [0.15, 0.2) is 90.6 Å². The summed E-state index contributed by atoms with van der Waals surface area (Å²) in [5, 5.41) is 2.41. The lowest BCUT2D eigenvalue weighted by Gasteiger charge is -2.15. The molecule has 5 nitrogen and oxygen atoms in total. The van der Waals surface area contributed by atoms with Gasteiger partial charge in [-0.3, -0.25) is 15.0 Å². The Morgan fingerprint density at radius 1 is 0.788 bits per heavy atom. The van der Waals surface area contributed by atoms with Crippen LogP contribution in [0.4, 0.5) is 4.79 Å². The normalized spacial score (nSPS) is 14.5. The number of carbonyl (C=O) groups excluding carboxylic acids is 2. The van der Waals surface area contributed by atoms with Crippen LogP contribution in [0.1, 0.15) is 29.5 Å². The lowest BCUT2D eigenvalue weighted by atomic mass is 10.1. The largest absolute Gasteiger partial charge is 0.494 e. The van der Waals surface area contributed by atoms with Crippen molar-refractivity contribution in [3.05, 3.63) is 107 Å². The van der Waals surface area contributed by atoms with Crippen molar-refractivity contribution in [2.45, 2.75) is 25.7 Å². The van der Waals surface area contributed by atoms with Gasteiger partial charge >= 0.3 is 6.03 Å². The molecular formula is C28H28N2O3. The van der Waals surface area contributed by atoms with Crippen LogP contribution in [0.2, 0.25) is 0 Å². The van der Waals surface area contributed by atoms with Gasteiger partial charge in [0.1, 0.15) is 11.4 Å². The second-order valence-electron chi connectivity index (χ2n) is 8.04. The maximum absolute atomic E-state index is 12.4. The molecule has 168 valence electrons. The van der Waals surface area contributed by atoms with E-state index in [0.717, 1.165) is 37.0 Å². The molecule has 0 bridgehead atoms. The number of nitrogens with zero attached hydrogens (tertiary/aromatic N) is 1. The summed E-state index contributed by atoms with van der Waals surface area (Å²) >= 11 is 0. The Hall–Kier alpha value is -3.86. The minimum atomic E-state index is -0.368. The highest BCUT2D eigenvalue weighted by molar-refractivity contribution is 6.13. The van der Waals surface area contributed by atoms with Gasteiger partial charge in [-0.1, -0.05) is 72.8 Å². The van der Waals surface area contributed by atoms with Gasteiger partial charge in [0.15, 0.2) is 0 Å². The van der Waals surface area contributed by atoms with E-state index < -0.39 is 0 Å². The smallest absolute Gasteiger partial charge is 0.329 e. The van der Waals surface area contributed by atoms with Crippen LogP contribution in [0, 0.1) is 0 Å². The van der Waals surface area contributed by atoms with Crippen LogP contribution in [0.5, 0.6) is 5.75 Å². The van der Waals surface area contributed by atoms with Crippen molar-refractivity contribution >= 4 is 18.0 Å². The van der Waals surface area contributed by atoms with E-state index in [1.54, 1.807) is 6.08 Å². The predicted molar refractivity (Wildman–Crippen MR) is 130 cm³/mol. The fourth-order valence-electron chi connectivity index (χ4n) is 3.88. The van der Waals surface area contributed by atoms with Crippen molar-refractivity contribution in [1.82, 2.24) is 10.2 Å². The molecule has 0 aliphatic carbocycles. The molecule has 0 saturated carbocycles. The van der Waals surface area contributed by atoms with Crippen LogP contribution < -0.4 is 10.1 Å². The molecule has 0 unspecified atom stereocenters. The molecule has 3 amide bonds. The summed E-state index contributed by atoms with van der Waals surface area (Å²) in [5.74, 6) is 0.381. The van der Waals surface area contributed by atoms with Crippen molar-refractivity contribution in [2.24, 2.45) is 0 Å². The Labute approximate surface area is 194 Å². The van der Waals surface area contributed by atoms with Crippen molar-refractivity contribution in [1.29, 1.82) is 0 Å². The van der Waals surface area contributed by atoms with Crippen LogP contribution in [0.3, 0.4) is 0 Å². The number of ether oxygens (including phenoxy) is 1. The van der Waals surface area contributed by atoms with E-state index in [9.17, 15) is 9.59 Å². The first-order valence-electron chi connectivity index (χ1n) is 11.3. The third-order valence-corrected chi connectivity index (χ3v) is 5.56. The summed E-state index contributed by atoms with van der Waals surface area (Å²) in [5.41, 5.74) is 3.70. The molecule has 3 aromatic carbocycles. The van der Waals surface area contributed by atoms with Crippen LogP contribution in [-0.4, -0.2) is 30.0 Å². The molecule has 1 aliphatic heterocycles. The number of nitrogens with one attached hydrogen (secondary N) is 1. The van der Waals surface area contributed by atoms with Gasteiger partial charge < -0.3 is 4.74 Å². The van der Waals surface area contributed by atoms with E-state index in [0.29, 0.717) is 18.8 Å². The highest BCUT2D eigenvalue weighted by atomic mass is 16.5. The molecule has 1 saturated heterocycles. The molecule has 5 heteroatoms. The second kappa shape index (κ2) is 11.1. The monoisotopic (exact) mass is 440 g/mol. The van der Waals surface area contributed by atoms with Crippen molar-refractivity contribution in [3.8, 4) is 5.75 Å². The number of carbonyl (C=O) groups is 2. The fourth-order valence-corrected chi connectivity index (χ4v) is 3.88. The zero-order valence-electron chi connectivity index (χ0n) is 18.6. The Bertz CT molecular complexity index is 1110. The summed E-state index contributed by atoms with van der Waals surface area (Å²) in [4.78, 5) is 26.2. The Morgan fingerprint density at radius 3 is 2.15 bits per heavy atom. The van der Waals surface area contributed by atoms with E-state index in [2.05, 4.69) is 29.6 Å². The molecular weight excluding hydrogens is 412 g/mol. The highest BCUT2D eigenvalue weighted by Crippen LogP contribution is 2.21. The predicted octanol–water partition coefficient (Wildman–Crippen LogP) is 5.22. The molecule has 0 radical (unpaired) electrons. The molecule has 1 N–H and O–H groups in total. The first-order chi connectivity index (χ1) is 16.2. The van der Waals surface area contributed by atoms with E-state index in [4.69, 9.17) is 4.74 Å². The summed E-state index contributed by atoms with van der Waals surface area (Å²) in [6.45, 7) is 1.09. The van der Waals surface area contributed by atoms with Crippen LogP contribution >= 0.6 is 0 Å². The van der Waals surface area contributed by atoms with Crippen LogP contribution in [-0.2, 0) is 17.6 Å². The van der Waals surface area contributed by atoms with Gasteiger partial charge in [0, 0.05) is 6.54 Å². The average Bonchev–Trinajstić information content (AvgIpc) is 3.10. The van der Waals surface area contributed by atoms with E-state index in [1.165, 1.54) is 16.0 Å². The molecule has 33 heavy (non-hydrogen) atoms. The lowest BCUT2D eigenvalue weighted by molar-refractivity contribution is -0.116. The SMILES string of the molecule is O=C1NC(=O)N(CCCc2ccccc2)/C1=C/c1cccc(OCCCc2ccccc2)c1. The van der Waals surface area contributed by atoms with E-state index in [-0.39, 0.29) is 11.9 Å². The maximum Gasteiger partial charge on any atom is 0.329 e. The Morgan fingerprint density at radius 2 is 1.45 bits per heavy atom. The maximum atomic E-state index is 12.4. The second-order valence-corrected chi connectivity index (χ2v) is 8.04. The van der Waals surface area contributed by atoms with Crippen LogP contribution in [0.25, 0.3) is 6.08 Å². The van der Waals surface area contributed by atoms with Gasteiger partial charge in [0.05, 0.1) is 6.61 Å². The zero-order chi connectivity index (χ0) is 22.9. The van der Waals surface area contributed by atoms with Crippen molar-refractivity contribution in [3.63, 3.8) is 0 Å². The Balaban J connectivity index is 1.35. The molecule has 0 aromatic heterocycles. The third kappa shape index (κ3) is 6.32. The van der Waals surface area contributed by atoms with E-state index >= 15 is 0 Å². The third-order valence-electron chi connectivity index (χ3n) is 5.56. The number of urea groups is 1. The first kappa shape index (κ1) is 22.3. The zero-order valence-corrected chi connectivity index (χ0v) is 18.6. The highest BCUT2D eigenvalue weighted by Gasteiger charge is 2.32. The number of hydrogen-bond acceptors (Lipinski definition) is 3. The summed E-state index contributed by atoms with van der Waals surface area (Å²) in [6.07, 6.45) is 5.25. The number of amides is 3. The van der Waals surface area contributed by atoms with Gasteiger partial charge in [-0.15, -0.1) is 0 Å². The summed E-state index contributed by atoms with van der Waals surface area (Å²) < 4.78 is 5.91. The topological polar surface area (TPSA) is 58.6 Å². The Kier molecular flexibility index (Phi) is 7.54. The number of aryl methyl sites for hydroxylation is 2. The van der Waals surface area contributed by atoms with Gasteiger partial charge in [0.25, 0.3) is 5.91 Å². The summed E-state index contributed by atoms with van der Waals surface area (Å²) in [6, 6.07) is 27.7. The molecule has 3 aromatic rings. The lowest BCUT2D eigenvalue weighted by Crippen LogP contribution is -2.28. The fraction of sp³-hybridized carbons (Fsp3) is 0.214. The number of rotatable bonds is 10. The number of imide groups is 1.